The lowest BCUT2D eigenvalue weighted by Crippen LogP contribution is -2.40. The third kappa shape index (κ3) is 4.81. The lowest BCUT2D eigenvalue weighted by Gasteiger charge is -2.34. The average molecular weight is 361 g/mol. The van der Waals surface area contributed by atoms with Crippen LogP contribution < -0.4 is 4.72 Å². The number of nitrogens with zero attached hydrogens (tertiary/aromatic N) is 1. The van der Waals surface area contributed by atoms with Gasteiger partial charge in [0.2, 0.25) is 10.0 Å². The summed E-state index contributed by atoms with van der Waals surface area (Å²) in [5.74, 6) is 1.47. The van der Waals surface area contributed by atoms with Crippen LogP contribution in [-0.4, -0.2) is 39.5 Å². The van der Waals surface area contributed by atoms with Crippen LogP contribution >= 0.6 is 0 Å². The molecule has 136 valence electrons. The van der Waals surface area contributed by atoms with Crippen molar-refractivity contribution >= 4 is 20.8 Å². The molecule has 0 aliphatic carbocycles. The third-order valence-electron chi connectivity index (χ3n) is 4.92. The first-order valence-corrected chi connectivity index (χ1v) is 10.6. The van der Waals surface area contributed by atoms with Crippen molar-refractivity contribution in [3.05, 3.63) is 42.5 Å². The molecule has 2 atom stereocenters. The van der Waals surface area contributed by atoms with Gasteiger partial charge in [-0.3, -0.25) is 0 Å². The van der Waals surface area contributed by atoms with Crippen LogP contribution in [0.3, 0.4) is 0 Å². The molecule has 3 rings (SSSR count). The van der Waals surface area contributed by atoms with Gasteiger partial charge in [0, 0.05) is 19.6 Å². The summed E-state index contributed by atoms with van der Waals surface area (Å²) in [5.41, 5.74) is 0. The van der Waals surface area contributed by atoms with Crippen LogP contribution in [0.15, 0.2) is 47.4 Å². The van der Waals surface area contributed by atoms with E-state index in [0.29, 0.717) is 11.4 Å². The molecule has 1 N–H and O–H groups in total. The fraction of sp³-hybridized carbons (Fsp3) is 0.500. The molecule has 0 aromatic heterocycles. The first kappa shape index (κ1) is 18.4. The van der Waals surface area contributed by atoms with Gasteiger partial charge < -0.3 is 4.90 Å². The van der Waals surface area contributed by atoms with Gasteiger partial charge in [-0.1, -0.05) is 44.2 Å². The Morgan fingerprint density at radius 2 is 1.72 bits per heavy atom. The number of hydrogen-bond acceptors (Lipinski definition) is 3. The first-order valence-electron chi connectivity index (χ1n) is 9.15. The fourth-order valence-corrected chi connectivity index (χ4v) is 5.01. The molecule has 25 heavy (non-hydrogen) atoms. The summed E-state index contributed by atoms with van der Waals surface area (Å²) in [7, 11) is -3.44. The van der Waals surface area contributed by atoms with Crippen molar-refractivity contribution in [2.24, 2.45) is 11.8 Å². The van der Waals surface area contributed by atoms with Crippen LogP contribution in [0.1, 0.15) is 26.7 Å². The SMILES string of the molecule is CC1CC(C)CN(CCCNS(=O)(=O)c2ccc3ccccc3c2)C1. The molecule has 1 aliphatic rings. The largest absolute Gasteiger partial charge is 0.303 e. The third-order valence-corrected chi connectivity index (χ3v) is 6.38. The monoisotopic (exact) mass is 360 g/mol. The molecule has 5 heteroatoms. The molecule has 2 aromatic rings. The summed E-state index contributed by atoms with van der Waals surface area (Å²) in [4.78, 5) is 2.80. The highest BCUT2D eigenvalue weighted by Crippen LogP contribution is 2.21. The standard InChI is InChI=1S/C20H28N2O2S/c1-16-12-17(2)15-22(14-16)11-5-10-21-25(23,24)20-9-8-18-6-3-4-7-19(18)13-20/h3-4,6-9,13,16-17,21H,5,10-12,14-15H2,1-2H3. The summed E-state index contributed by atoms with van der Waals surface area (Å²) in [6, 6.07) is 13.1. The number of sulfonamides is 1. The smallest absolute Gasteiger partial charge is 0.240 e. The zero-order valence-electron chi connectivity index (χ0n) is 15.1. The second kappa shape index (κ2) is 7.85. The summed E-state index contributed by atoms with van der Waals surface area (Å²) in [6.45, 7) is 8.28. The molecule has 0 saturated carbocycles. The Bertz CT molecular complexity index is 809. The van der Waals surface area contributed by atoms with E-state index in [1.54, 1.807) is 12.1 Å². The van der Waals surface area contributed by atoms with E-state index >= 15 is 0 Å². The van der Waals surface area contributed by atoms with Crippen molar-refractivity contribution in [2.75, 3.05) is 26.2 Å². The second-order valence-electron chi connectivity index (χ2n) is 7.47. The Kier molecular flexibility index (Phi) is 5.77. The van der Waals surface area contributed by atoms with Crippen molar-refractivity contribution in [2.45, 2.75) is 31.6 Å². The van der Waals surface area contributed by atoms with Crippen molar-refractivity contribution < 1.29 is 8.42 Å². The van der Waals surface area contributed by atoms with E-state index < -0.39 is 10.0 Å². The molecule has 0 amide bonds. The fourth-order valence-electron chi connectivity index (χ4n) is 3.90. The summed E-state index contributed by atoms with van der Waals surface area (Å²) >= 11 is 0. The molecule has 0 radical (unpaired) electrons. The van der Waals surface area contributed by atoms with Crippen molar-refractivity contribution in [3.8, 4) is 0 Å². The maximum atomic E-state index is 12.5. The molecule has 4 nitrogen and oxygen atoms in total. The Labute approximate surface area is 151 Å². The van der Waals surface area contributed by atoms with E-state index in [1.165, 1.54) is 6.42 Å². The molecule has 2 unspecified atom stereocenters. The maximum Gasteiger partial charge on any atom is 0.240 e. The van der Waals surface area contributed by atoms with E-state index in [2.05, 4.69) is 23.5 Å². The highest BCUT2D eigenvalue weighted by molar-refractivity contribution is 7.89. The van der Waals surface area contributed by atoms with Crippen molar-refractivity contribution in [1.82, 2.24) is 9.62 Å². The molecule has 1 heterocycles. The molecular formula is C20H28N2O2S. The van der Waals surface area contributed by atoms with Crippen LogP contribution in [0.2, 0.25) is 0 Å². The van der Waals surface area contributed by atoms with E-state index in [9.17, 15) is 8.42 Å². The molecule has 0 spiro atoms. The first-order chi connectivity index (χ1) is 11.9. The van der Waals surface area contributed by atoms with Crippen LogP contribution in [0.5, 0.6) is 0 Å². The zero-order chi connectivity index (χ0) is 17.9. The quantitative estimate of drug-likeness (QED) is 0.802. The number of nitrogens with one attached hydrogen (secondary N) is 1. The van der Waals surface area contributed by atoms with Crippen LogP contribution in [0, 0.1) is 11.8 Å². The van der Waals surface area contributed by atoms with E-state index in [0.717, 1.165) is 48.7 Å². The minimum absolute atomic E-state index is 0.339. The summed E-state index contributed by atoms with van der Waals surface area (Å²) in [6.07, 6.45) is 2.14. The van der Waals surface area contributed by atoms with Gasteiger partial charge in [0.05, 0.1) is 4.90 Å². The number of hydrogen-bond donors (Lipinski definition) is 1. The number of benzene rings is 2. The Balaban J connectivity index is 1.54. The predicted molar refractivity (Wildman–Crippen MR) is 103 cm³/mol. The van der Waals surface area contributed by atoms with Gasteiger partial charge in [-0.15, -0.1) is 0 Å². The van der Waals surface area contributed by atoms with Gasteiger partial charge in [0.25, 0.3) is 0 Å². The number of piperidine rings is 1. The summed E-state index contributed by atoms with van der Waals surface area (Å²) < 4.78 is 27.8. The lowest BCUT2D eigenvalue weighted by molar-refractivity contribution is 0.140. The van der Waals surface area contributed by atoms with Crippen molar-refractivity contribution in [1.29, 1.82) is 0 Å². The van der Waals surface area contributed by atoms with Gasteiger partial charge in [-0.25, -0.2) is 13.1 Å². The van der Waals surface area contributed by atoms with Gasteiger partial charge in [-0.2, -0.15) is 0 Å². The molecule has 2 aromatic carbocycles. The minimum atomic E-state index is -3.44. The predicted octanol–water partition coefficient (Wildman–Crippen LogP) is 3.49. The molecule has 1 fully saturated rings. The summed E-state index contributed by atoms with van der Waals surface area (Å²) in [5, 5.41) is 2.00. The topological polar surface area (TPSA) is 49.4 Å². The molecule has 1 aliphatic heterocycles. The molecule has 1 saturated heterocycles. The highest BCUT2D eigenvalue weighted by atomic mass is 32.2. The van der Waals surface area contributed by atoms with Gasteiger partial charge in [0.15, 0.2) is 0 Å². The number of rotatable bonds is 6. The van der Waals surface area contributed by atoms with Gasteiger partial charge in [-0.05, 0) is 54.1 Å². The lowest BCUT2D eigenvalue weighted by atomic mass is 9.92. The Hall–Kier alpha value is -1.43. The normalized spacial score (nSPS) is 22.3. The van der Waals surface area contributed by atoms with E-state index in [1.807, 2.05) is 30.3 Å². The molecule has 0 bridgehead atoms. The van der Waals surface area contributed by atoms with Crippen LogP contribution in [0.4, 0.5) is 0 Å². The second-order valence-corrected chi connectivity index (χ2v) is 9.23. The number of likely N-dealkylation sites (tertiary alicyclic amines) is 1. The molecular weight excluding hydrogens is 332 g/mol. The van der Waals surface area contributed by atoms with Crippen LogP contribution in [-0.2, 0) is 10.0 Å². The minimum Gasteiger partial charge on any atom is -0.303 e. The highest BCUT2D eigenvalue weighted by Gasteiger charge is 2.21. The zero-order valence-corrected chi connectivity index (χ0v) is 15.9. The van der Waals surface area contributed by atoms with Crippen molar-refractivity contribution in [3.63, 3.8) is 0 Å². The van der Waals surface area contributed by atoms with E-state index in [-0.39, 0.29) is 0 Å². The van der Waals surface area contributed by atoms with E-state index in [4.69, 9.17) is 0 Å². The van der Waals surface area contributed by atoms with Crippen LogP contribution in [0.25, 0.3) is 10.8 Å². The van der Waals surface area contributed by atoms with Gasteiger partial charge in [0.1, 0.15) is 0 Å². The Morgan fingerprint density at radius 1 is 1.04 bits per heavy atom. The van der Waals surface area contributed by atoms with Gasteiger partial charge >= 0.3 is 0 Å². The Morgan fingerprint density at radius 3 is 2.44 bits per heavy atom. The number of fused-ring (bicyclic) bond motifs is 1. The maximum absolute atomic E-state index is 12.5. The average Bonchev–Trinajstić information content (AvgIpc) is 2.57.